The summed E-state index contributed by atoms with van der Waals surface area (Å²) in [6, 6.07) is 8.28. The molecule has 2 aromatic rings. The van der Waals surface area contributed by atoms with E-state index in [0.29, 0.717) is 0 Å². The van der Waals surface area contributed by atoms with Gasteiger partial charge in [-0.3, -0.25) is 0 Å². The fourth-order valence-corrected chi connectivity index (χ4v) is 3.34. The van der Waals surface area contributed by atoms with Crippen molar-refractivity contribution < 1.29 is 4.74 Å². The van der Waals surface area contributed by atoms with Crippen LogP contribution in [0.3, 0.4) is 0 Å². The molecule has 100 valence electrons. The molecule has 2 heterocycles. The zero-order chi connectivity index (χ0) is 13.1. The van der Waals surface area contributed by atoms with Gasteiger partial charge in [0.05, 0.1) is 6.61 Å². The summed E-state index contributed by atoms with van der Waals surface area (Å²) >= 11 is 7.95. The summed E-state index contributed by atoms with van der Waals surface area (Å²) in [6.45, 7) is 2.56. The van der Waals surface area contributed by atoms with Gasteiger partial charge in [-0.1, -0.05) is 17.7 Å². The number of benzene rings is 1. The molecule has 0 unspecified atom stereocenters. The molecule has 4 heteroatoms. The molecule has 0 radical (unpaired) electrons. The van der Waals surface area contributed by atoms with Gasteiger partial charge in [0, 0.05) is 35.0 Å². The number of ether oxygens (including phenoxy) is 1. The lowest BCUT2D eigenvalue weighted by Gasteiger charge is -2.10. The molecule has 0 aliphatic carbocycles. The van der Waals surface area contributed by atoms with Crippen LogP contribution < -0.4 is 10.1 Å². The van der Waals surface area contributed by atoms with Crippen molar-refractivity contribution in [2.24, 2.45) is 0 Å². The predicted molar refractivity (Wildman–Crippen MR) is 80.4 cm³/mol. The number of hydrogen-bond donors (Lipinski definition) is 1. The molecule has 0 spiro atoms. The third-order valence-electron chi connectivity index (χ3n) is 3.27. The van der Waals surface area contributed by atoms with Crippen LogP contribution in [-0.4, -0.2) is 13.2 Å². The van der Waals surface area contributed by atoms with Gasteiger partial charge in [-0.2, -0.15) is 0 Å². The van der Waals surface area contributed by atoms with Gasteiger partial charge in [-0.15, -0.1) is 11.3 Å². The molecule has 0 saturated heterocycles. The molecule has 0 fully saturated rings. The topological polar surface area (TPSA) is 21.3 Å². The Balaban J connectivity index is 1.58. The highest BCUT2D eigenvalue weighted by molar-refractivity contribution is 7.09. The highest BCUT2D eigenvalue weighted by atomic mass is 35.5. The van der Waals surface area contributed by atoms with E-state index in [4.69, 9.17) is 16.3 Å². The molecule has 1 aromatic heterocycles. The van der Waals surface area contributed by atoms with Gasteiger partial charge in [0.15, 0.2) is 0 Å². The Morgan fingerprint density at radius 3 is 3.16 bits per heavy atom. The summed E-state index contributed by atoms with van der Waals surface area (Å²) in [6.07, 6.45) is 2.04. The quantitative estimate of drug-likeness (QED) is 0.849. The molecule has 3 rings (SSSR count). The average Bonchev–Trinajstić information content (AvgIpc) is 3.04. The highest BCUT2D eigenvalue weighted by Gasteiger charge is 2.17. The zero-order valence-corrected chi connectivity index (χ0v) is 12.2. The largest absolute Gasteiger partial charge is 0.493 e. The molecule has 0 bridgehead atoms. The van der Waals surface area contributed by atoms with Crippen molar-refractivity contribution in [2.45, 2.75) is 19.4 Å². The third kappa shape index (κ3) is 3.11. The molecule has 0 amide bonds. The van der Waals surface area contributed by atoms with Gasteiger partial charge in [-0.05, 0) is 35.6 Å². The maximum Gasteiger partial charge on any atom is 0.127 e. The van der Waals surface area contributed by atoms with Gasteiger partial charge in [0.1, 0.15) is 5.75 Å². The van der Waals surface area contributed by atoms with E-state index in [0.717, 1.165) is 43.3 Å². The van der Waals surface area contributed by atoms with Crippen molar-refractivity contribution in [2.75, 3.05) is 13.2 Å². The van der Waals surface area contributed by atoms with E-state index >= 15 is 0 Å². The Labute approximate surface area is 122 Å². The second-order valence-corrected chi connectivity index (χ2v) is 6.13. The summed E-state index contributed by atoms with van der Waals surface area (Å²) in [5.41, 5.74) is 2.41. The second kappa shape index (κ2) is 5.95. The molecule has 1 aliphatic rings. The molecule has 1 N–H and O–H groups in total. The van der Waals surface area contributed by atoms with Crippen molar-refractivity contribution in [3.8, 4) is 5.75 Å². The number of rotatable bonds is 5. The summed E-state index contributed by atoms with van der Waals surface area (Å²) in [5.74, 6) is 1.04. The Hall–Kier alpha value is -1.03. The molecule has 0 atom stereocenters. The standard InChI is InChI=1S/C15H16ClNOS/c16-13-8-11-4-6-18-15(11)12(9-13)10-17-5-3-14-2-1-7-19-14/h1-2,7-9,17H,3-6,10H2. The van der Waals surface area contributed by atoms with E-state index in [9.17, 15) is 0 Å². The van der Waals surface area contributed by atoms with Crippen molar-refractivity contribution >= 4 is 22.9 Å². The summed E-state index contributed by atoms with van der Waals surface area (Å²) < 4.78 is 5.69. The number of nitrogens with one attached hydrogen (secondary N) is 1. The minimum atomic E-state index is 0.776. The van der Waals surface area contributed by atoms with Crippen LogP contribution in [0.4, 0.5) is 0 Å². The van der Waals surface area contributed by atoms with E-state index in [1.54, 1.807) is 11.3 Å². The third-order valence-corrected chi connectivity index (χ3v) is 4.42. The molecule has 1 aliphatic heterocycles. The van der Waals surface area contributed by atoms with E-state index in [1.165, 1.54) is 16.0 Å². The predicted octanol–water partition coefficient (Wildman–Crippen LogP) is 3.67. The van der Waals surface area contributed by atoms with Gasteiger partial charge in [0.2, 0.25) is 0 Å². The summed E-state index contributed by atoms with van der Waals surface area (Å²) in [5, 5.41) is 6.39. The fourth-order valence-electron chi connectivity index (χ4n) is 2.37. The van der Waals surface area contributed by atoms with Crippen LogP contribution in [0, 0.1) is 0 Å². The van der Waals surface area contributed by atoms with Crippen molar-refractivity contribution in [3.05, 3.63) is 50.7 Å². The van der Waals surface area contributed by atoms with Crippen molar-refractivity contribution in [1.29, 1.82) is 0 Å². The first kappa shape index (κ1) is 13.0. The van der Waals surface area contributed by atoms with Gasteiger partial charge < -0.3 is 10.1 Å². The number of hydrogen-bond acceptors (Lipinski definition) is 3. The van der Waals surface area contributed by atoms with Crippen LogP contribution in [-0.2, 0) is 19.4 Å². The maximum atomic E-state index is 6.14. The Morgan fingerprint density at radius 1 is 1.37 bits per heavy atom. The summed E-state index contributed by atoms with van der Waals surface area (Å²) in [7, 11) is 0. The Kier molecular flexibility index (Phi) is 4.06. The fraction of sp³-hybridized carbons (Fsp3) is 0.333. The molecular weight excluding hydrogens is 278 g/mol. The van der Waals surface area contributed by atoms with E-state index in [-0.39, 0.29) is 0 Å². The first-order chi connectivity index (χ1) is 9.33. The Bertz CT molecular complexity index is 554. The number of thiophene rings is 1. The lowest BCUT2D eigenvalue weighted by molar-refractivity contribution is 0.352. The normalized spacial score (nSPS) is 13.3. The SMILES string of the molecule is Clc1cc2c(c(CNCCc3cccs3)c1)OCC2. The van der Waals surface area contributed by atoms with E-state index in [1.807, 2.05) is 12.1 Å². The van der Waals surface area contributed by atoms with Crippen LogP contribution in [0.1, 0.15) is 16.0 Å². The van der Waals surface area contributed by atoms with Crippen molar-refractivity contribution in [1.82, 2.24) is 5.32 Å². The second-order valence-electron chi connectivity index (χ2n) is 4.66. The van der Waals surface area contributed by atoms with Gasteiger partial charge in [0.25, 0.3) is 0 Å². The Morgan fingerprint density at radius 2 is 2.32 bits per heavy atom. The van der Waals surface area contributed by atoms with Crippen LogP contribution in [0.5, 0.6) is 5.75 Å². The summed E-state index contributed by atoms with van der Waals surface area (Å²) in [4.78, 5) is 1.42. The van der Waals surface area contributed by atoms with E-state index < -0.39 is 0 Å². The average molecular weight is 294 g/mol. The van der Waals surface area contributed by atoms with Crippen molar-refractivity contribution in [3.63, 3.8) is 0 Å². The molecule has 2 nitrogen and oxygen atoms in total. The maximum absolute atomic E-state index is 6.14. The van der Waals surface area contributed by atoms with Crippen LogP contribution in [0.2, 0.25) is 5.02 Å². The van der Waals surface area contributed by atoms with E-state index in [2.05, 4.69) is 22.8 Å². The minimum absolute atomic E-state index is 0.776. The van der Waals surface area contributed by atoms with Crippen LogP contribution >= 0.6 is 22.9 Å². The number of halogens is 1. The lowest BCUT2D eigenvalue weighted by Crippen LogP contribution is -2.16. The van der Waals surface area contributed by atoms with Gasteiger partial charge >= 0.3 is 0 Å². The molecule has 1 aromatic carbocycles. The van der Waals surface area contributed by atoms with Crippen LogP contribution in [0.15, 0.2) is 29.6 Å². The zero-order valence-electron chi connectivity index (χ0n) is 10.6. The monoisotopic (exact) mass is 293 g/mol. The first-order valence-electron chi connectivity index (χ1n) is 6.50. The van der Waals surface area contributed by atoms with Crippen LogP contribution in [0.25, 0.3) is 0 Å². The molecule has 19 heavy (non-hydrogen) atoms. The first-order valence-corrected chi connectivity index (χ1v) is 7.76. The smallest absolute Gasteiger partial charge is 0.127 e. The molecule has 0 saturated carbocycles. The van der Waals surface area contributed by atoms with Gasteiger partial charge in [-0.25, -0.2) is 0 Å². The number of fused-ring (bicyclic) bond motifs is 1. The lowest BCUT2D eigenvalue weighted by atomic mass is 10.1. The highest BCUT2D eigenvalue weighted by Crippen LogP contribution is 2.32. The molecular formula is C15H16ClNOS. The minimum Gasteiger partial charge on any atom is -0.493 e.